The highest BCUT2D eigenvalue weighted by molar-refractivity contribution is 9.10. The lowest BCUT2D eigenvalue weighted by Gasteiger charge is -2.18. The van der Waals surface area contributed by atoms with Gasteiger partial charge in [-0.05, 0) is 41.1 Å². The van der Waals surface area contributed by atoms with E-state index in [1.165, 1.54) is 19.2 Å². The molecule has 1 unspecified atom stereocenters. The second-order valence-electron chi connectivity index (χ2n) is 3.89. The van der Waals surface area contributed by atoms with Crippen molar-refractivity contribution in [1.82, 2.24) is 4.31 Å². The van der Waals surface area contributed by atoms with Crippen LogP contribution in [0.5, 0.6) is 0 Å². The van der Waals surface area contributed by atoms with Gasteiger partial charge >= 0.3 is 0 Å². The van der Waals surface area contributed by atoms with Gasteiger partial charge in [0, 0.05) is 13.6 Å². The highest BCUT2D eigenvalue weighted by atomic mass is 79.9. The minimum atomic E-state index is -3.76. The molecule has 7 heteroatoms. The fourth-order valence-electron chi connectivity index (χ4n) is 1.34. The Balaban J connectivity index is 3.06. The minimum Gasteiger partial charge on any atom is -0.207 e. The summed E-state index contributed by atoms with van der Waals surface area (Å²) in [5.41, 5.74) is 0. The molecule has 0 saturated carbocycles. The number of hydrogen-bond donors (Lipinski definition) is 0. The molecule has 18 heavy (non-hydrogen) atoms. The highest BCUT2D eigenvalue weighted by Gasteiger charge is 2.23. The summed E-state index contributed by atoms with van der Waals surface area (Å²) < 4.78 is 38.7. The van der Waals surface area contributed by atoms with Crippen molar-refractivity contribution in [1.29, 1.82) is 5.26 Å². The lowest BCUT2D eigenvalue weighted by molar-refractivity contribution is 0.438. The van der Waals surface area contributed by atoms with E-state index in [9.17, 15) is 12.8 Å². The van der Waals surface area contributed by atoms with Gasteiger partial charge < -0.3 is 0 Å². The Labute approximate surface area is 114 Å². The van der Waals surface area contributed by atoms with Gasteiger partial charge in [0.05, 0.1) is 21.4 Å². The minimum absolute atomic E-state index is 0.0660. The second kappa shape index (κ2) is 5.78. The largest absolute Gasteiger partial charge is 0.242 e. The molecule has 1 atom stereocenters. The van der Waals surface area contributed by atoms with Crippen LogP contribution in [0, 0.1) is 23.1 Å². The fourth-order valence-corrected chi connectivity index (χ4v) is 2.86. The summed E-state index contributed by atoms with van der Waals surface area (Å²) in [4.78, 5) is -0.129. The van der Waals surface area contributed by atoms with Crippen molar-refractivity contribution in [3.8, 4) is 6.07 Å². The van der Waals surface area contributed by atoms with E-state index in [1.54, 1.807) is 6.92 Å². The monoisotopic (exact) mass is 334 g/mol. The summed E-state index contributed by atoms with van der Waals surface area (Å²) in [6.07, 6.45) is 0. The number of hydrogen-bond acceptors (Lipinski definition) is 3. The first-order chi connectivity index (χ1) is 8.28. The molecular weight excluding hydrogens is 323 g/mol. The number of nitrogens with zero attached hydrogens (tertiary/aromatic N) is 2. The molecule has 0 saturated heterocycles. The van der Waals surface area contributed by atoms with Crippen molar-refractivity contribution in [2.75, 3.05) is 13.6 Å². The van der Waals surface area contributed by atoms with Crippen LogP contribution in [0.1, 0.15) is 6.92 Å². The summed E-state index contributed by atoms with van der Waals surface area (Å²) in [6, 6.07) is 5.56. The predicted octanol–water partition coefficient (Wildman–Crippen LogP) is 2.37. The lowest BCUT2D eigenvalue weighted by atomic mass is 10.2. The number of rotatable bonds is 4. The third-order valence-corrected chi connectivity index (χ3v) is 4.81. The number of benzene rings is 1. The normalized spacial score (nSPS) is 13.3. The van der Waals surface area contributed by atoms with Gasteiger partial charge in [0.1, 0.15) is 5.82 Å². The molecule has 1 aromatic rings. The standard InChI is InChI=1S/C11H12BrFN2O2S/c1-8(6-14)7-15(2)18(16,17)9-3-4-10(12)11(13)5-9/h3-5,8H,7H2,1-2H3. The second-order valence-corrected chi connectivity index (χ2v) is 6.79. The van der Waals surface area contributed by atoms with Crippen LogP contribution in [0.2, 0.25) is 0 Å². The summed E-state index contributed by atoms with van der Waals surface area (Å²) in [5.74, 6) is -1.07. The molecule has 0 aromatic heterocycles. The Morgan fingerprint density at radius 3 is 2.67 bits per heavy atom. The van der Waals surface area contributed by atoms with Crippen molar-refractivity contribution >= 4 is 26.0 Å². The summed E-state index contributed by atoms with van der Waals surface area (Å²) in [6.45, 7) is 1.69. The molecular formula is C11H12BrFN2O2S. The maximum Gasteiger partial charge on any atom is 0.242 e. The fraction of sp³-hybridized carbons (Fsp3) is 0.364. The molecule has 0 aliphatic rings. The maximum atomic E-state index is 13.3. The quantitative estimate of drug-likeness (QED) is 0.849. The van der Waals surface area contributed by atoms with E-state index in [0.29, 0.717) is 0 Å². The summed E-state index contributed by atoms with van der Waals surface area (Å²) in [5, 5.41) is 8.66. The van der Waals surface area contributed by atoms with Gasteiger partial charge in [-0.2, -0.15) is 9.57 Å². The van der Waals surface area contributed by atoms with Gasteiger partial charge in [-0.3, -0.25) is 0 Å². The van der Waals surface area contributed by atoms with Crippen LogP contribution in [0.4, 0.5) is 4.39 Å². The molecule has 1 aromatic carbocycles. The molecule has 0 radical (unpaired) electrons. The third kappa shape index (κ3) is 3.28. The summed E-state index contributed by atoms with van der Waals surface area (Å²) in [7, 11) is -2.40. The molecule has 0 amide bonds. The number of nitriles is 1. The zero-order chi connectivity index (χ0) is 13.9. The molecule has 4 nitrogen and oxygen atoms in total. The van der Waals surface area contributed by atoms with Crippen LogP contribution >= 0.6 is 15.9 Å². The van der Waals surface area contributed by atoms with Crippen molar-refractivity contribution < 1.29 is 12.8 Å². The van der Waals surface area contributed by atoms with Gasteiger partial charge in [0.2, 0.25) is 10.0 Å². The highest BCUT2D eigenvalue weighted by Crippen LogP contribution is 2.21. The third-order valence-electron chi connectivity index (χ3n) is 2.35. The van der Waals surface area contributed by atoms with Crippen LogP contribution in [-0.4, -0.2) is 26.3 Å². The Kier molecular flexibility index (Phi) is 4.85. The van der Waals surface area contributed by atoms with Crippen molar-refractivity contribution in [2.45, 2.75) is 11.8 Å². The topological polar surface area (TPSA) is 61.2 Å². The van der Waals surface area contributed by atoms with E-state index in [-0.39, 0.29) is 15.9 Å². The Hall–Kier alpha value is -0.970. The number of sulfonamides is 1. The van der Waals surface area contributed by atoms with Crippen molar-refractivity contribution in [3.63, 3.8) is 0 Å². The van der Waals surface area contributed by atoms with Gasteiger partial charge in [0.15, 0.2) is 0 Å². The molecule has 98 valence electrons. The lowest BCUT2D eigenvalue weighted by Crippen LogP contribution is -2.30. The first-order valence-electron chi connectivity index (χ1n) is 5.10. The molecule has 1 rings (SSSR count). The molecule has 0 bridgehead atoms. The van der Waals surface area contributed by atoms with E-state index in [1.807, 2.05) is 6.07 Å². The molecule has 0 spiro atoms. The van der Waals surface area contributed by atoms with E-state index in [4.69, 9.17) is 5.26 Å². The van der Waals surface area contributed by atoms with Crippen molar-refractivity contribution in [3.05, 3.63) is 28.5 Å². The zero-order valence-corrected chi connectivity index (χ0v) is 12.3. The summed E-state index contributed by atoms with van der Waals surface area (Å²) >= 11 is 2.96. The first-order valence-corrected chi connectivity index (χ1v) is 7.33. The van der Waals surface area contributed by atoms with Gasteiger partial charge in [0.25, 0.3) is 0 Å². The van der Waals surface area contributed by atoms with E-state index >= 15 is 0 Å². The zero-order valence-electron chi connectivity index (χ0n) is 9.89. The Morgan fingerprint density at radius 1 is 1.56 bits per heavy atom. The smallest absolute Gasteiger partial charge is 0.207 e. The molecule has 0 aliphatic heterocycles. The maximum absolute atomic E-state index is 13.3. The van der Waals surface area contributed by atoms with Crippen LogP contribution in [0.25, 0.3) is 0 Å². The molecule has 0 fully saturated rings. The predicted molar refractivity (Wildman–Crippen MR) is 68.7 cm³/mol. The van der Waals surface area contributed by atoms with Crippen LogP contribution in [0.3, 0.4) is 0 Å². The SMILES string of the molecule is CC(C#N)CN(C)S(=O)(=O)c1ccc(Br)c(F)c1. The average molecular weight is 335 g/mol. The average Bonchev–Trinajstić information content (AvgIpc) is 2.32. The number of halogens is 2. The molecule has 0 heterocycles. The first kappa shape index (κ1) is 15.1. The Bertz CT molecular complexity index is 583. The van der Waals surface area contributed by atoms with Gasteiger partial charge in [-0.25, -0.2) is 12.8 Å². The van der Waals surface area contributed by atoms with E-state index in [0.717, 1.165) is 10.4 Å². The van der Waals surface area contributed by atoms with E-state index < -0.39 is 21.8 Å². The van der Waals surface area contributed by atoms with Crippen molar-refractivity contribution in [2.24, 2.45) is 5.92 Å². The van der Waals surface area contributed by atoms with E-state index in [2.05, 4.69) is 15.9 Å². The van der Waals surface area contributed by atoms with Crippen LogP contribution in [0.15, 0.2) is 27.6 Å². The van der Waals surface area contributed by atoms with Crippen LogP contribution in [-0.2, 0) is 10.0 Å². The van der Waals surface area contributed by atoms with Gasteiger partial charge in [-0.1, -0.05) is 0 Å². The van der Waals surface area contributed by atoms with Crippen LogP contribution < -0.4 is 0 Å². The van der Waals surface area contributed by atoms with Gasteiger partial charge in [-0.15, -0.1) is 0 Å². The molecule has 0 N–H and O–H groups in total. The molecule has 0 aliphatic carbocycles. The Morgan fingerprint density at radius 2 is 2.17 bits per heavy atom.